The number of hydrogen-bond acceptors (Lipinski definition) is 5. The van der Waals surface area contributed by atoms with Crippen molar-refractivity contribution in [2.75, 3.05) is 31.6 Å². The standard InChI is InChI=1S/C29H31N7O.H2S/c1-20(18-37)33(3)25-10-12-34(13-11-25)26-8-9-27-23(14-26)17-35-16-22(21-4-6-24(30-2)7-5-21)15-28(35)29-32-31-19-36(27)29;/h4-9,14-16,19-20,25,37H,10-13,17-18H2,1,3H3;1H2/t20-;/m0./s1. The molecular weight excluding hydrogens is 494 g/mol. The number of rotatable bonds is 5. The maximum atomic E-state index is 9.54. The molecule has 0 bridgehead atoms. The van der Waals surface area contributed by atoms with E-state index in [4.69, 9.17) is 6.57 Å². The van der Waals surface area contributed by atoms with E-state index in [-0.39, 0.29) is 26.1 Å². The number of nitrogens with zero attached hydrogens (tertiary/aromatic N) is 7. The van der Waals surface area contributed by atoms with E-state index in [0.717, 1.165) is 60.8 Å². The van der Waals surface area contributed by atoms with Crippen LogP contribution in [-0.4, -0.2) is 68.2 Å². The number of fused-ring (bicyclic) bond motifs is 5. The van der Waals surface area contributed by atoms with Gasteiger partial charge in [0.25, 0.3) is 0 Å². The van der Waals surface area contributed by atoms with Gasteiger partial charge in [-0.1, -0.05) is 24.3 Å². The van der Waals surface area contributed by atoms with Gasteiger partial charge in [0.05, 0.1) is 24.6 Å². The molecule has 0 unspecified atom stereocenters. The SMILES string of the molecule is S.[C-]#[N+]c1ccc(-c2cc3n(c2)Cc2cc(N4CCC(N(C)[C@@H](C)CO)CC4)ccc2-n2cnnc2-3)cc1. The molecular formula is C29H33N7OS. The highest BCUT2D eigenvalue weighted by atomic mass is 32.1. The van der Waals surface area contributed by atoms with Crippen LogP contribution >= 0.6 is 13.5 Å². The fraction of sp³-hybridized carbons (Fsp3) is 0.345. The van der Waals surface area contributed by atoms with Crippen molar-refractivity contribution in [3.05, 3.63) is 78.0 Å². The van der Waals surface area contributed by atoms with Crippen molar-refractivity contribution in [3.63, 3.8) is 0 Å². The summed E-state index contributed by atoms with van der Waals surface area (Å²) < 4.78 is 4.34. The summed E-state index contributed by atoms with van der Waals surface area (Å²) in [5.74, 6) is 0.831. The van der Waals surface area contributed by atoms with Crippen LogP contribution in [0.25, 0.3) is 33.2 Å². The summed E-state index contributed by atoms with van der Waals surface area (Å²) in [5.41, 5.74) is 7.44. The molecule has 6 rings (SSSR count). The van der Waals surface area contributed by atoms with Crippen molar-refractivity contribution in [1.82, 2.24) is 24.2 Å². The second kappa shape index (κ2) is 10.7. The van der Waals surface area contributed by atoms with Crippen LogP contribution in [0, 0.1) is 6.57 Å². The Hall–Kier alpha value is -3.58. The van der Waals surface area contributed by atoms with Gasteiger partial charge in [0.15, 0.2) is 11.5 Å². The lowest BCUT2D eigenvalue weighted by Crippen LogP contribution is -2.47. The predicted octanol–water partition coefficient (Wildman–Crippen LogP) is 4.71. The molecule has 1 fully saturated rings. The van der Waals surface area contributed by atoms with Crippen LogP contribution in [0.5, 0.6) is 0 Å². The van der Waals surface area contributed by atoms with E-state index < -0.39 is 0 Å². The lowest BCUT2D eigenvalue weighted by molar-refractivity contribution is 0.106. The molecule has 38 heavy (non-hydrogen) atoms. The molecule has 2 aliphatic rings. The number of benzene rings is 2. The average Bonchev–Trinajstić information content (AvgIpc) is 3.57. The Balaban J connectivity index is 0.00000294. The van der Waals surface area contributed by atoms with Crippen LogP contribution in [0.3, 0.4) is 0 Å². The summed E-state index contributed by atoms with van der Waals surface area (Å²) in [5, 5.41) is 18.2. The number of anilines is 1. The van der Waals surface area contributed by atoms with E-state index in [2.05, 4.69) is 78.4 Å². The third-order valence-electron chi connectivity index (χ3n) is 8.03. The van der Waals surface area contributed by atoms with Crippen molar-refractivity contribution in [1.29, 1.82) is 0 Å². The largest absolute Gasteiger partial charge is 0.395 e. The molecule has 1 saturated heterocycles. The van der Waals surface area contributed by atoms with Crippen molar-refractivity contribution >= 4 is 24.9 Å². The highest BCUT2D eigenvalue weighted by Crippen LogP contribution is 2.35. The Bertz CT molecular complexity index is 1460. The van der Waals surface area contributed by atoms with Gasteiger partial charge < -0.3 is 14.6 Å². The minimum absolute atomic E-state index is 0. The monoisotopic (exact) mass is 527 g/mol. The topological polar surface area (TPSA) is 66.7 Å². The first kappa shape index (κ1) is 26.0. The molecule has 9 heteroatoms. The Morgan fingerprint density at radius 3 is 2.58 bits per heavy atom. The van der Waals surface area contributed by atoms with Crippen molar-refractivity contribution < 1.29 is 5.11 Å². The first-order valence-corrected chi connectivity index (χ1v) is 12.8. The number of likely N-dealkylation sites (N-methyl/N-ethyl adjacent to an activating group) is 1. The molecule has 0 spiro atoms. The molecule has 0 aliphatic carbocycles. The first-order chi connectivity index (χ1) is 18.1. The summed E-state index contributed by atoms with van der Waals surface area (Å²) >= 11 is 0. The molecule has 2 aromatic heterocycles. The van der Waals surface area contributed by atoms with Gasteiger partial charge in [0.2, 0.25) is 0 Å². The molecule has 4 aromatic rings. The molecule has 1 N–H and O–H groups in total. The van der Waals surface area contributed by atoms with Crippen LogP contribution in [-0.2, 0) is 6.54 Å². The Kier molecular flexibility index (Phi) is 7.30. The van der Waals surface area contributed by atoms with Gasteiger partial charge in [0.1, 0.15) is 6.33 Å². The fourth-order valence-corrected chi connectivity index (χ4v) is 5.63. The zero-order valence-electron chi connectivity index (χ0n) is 21.7. The summed E-state index contributed by atoms with van der Waals surface area (Å²) in [4.78, 5) is 8.31. The van der Waals surface area contributed by atoms with Gasteiger partial charge in [0, 0.05) is 49.2 Å². The van der Waals surface area contributed by atoms with Crippen molar-refractivity contribution in [3.8, 4) is 28.3 Å². The van der Waals surface area contributed by atoms with Crippen LogP contribution in [0.2, 0.25) is 0 Å². The summed E-state index contributed by atoms with van der Waals surface area (Å²) in [6.45, 7) is 12.2. The van der Waals surface area contributed by atoms with Crippen LogP contribution in [0.15, 0.2) is 61.1 Å². The number of aliphatic hydroxyl groups excluding tert-OH is 1. The van der Waals surface area contributed by atoms with E-state index in [9.17, 15) is 5.11 Å². The van der Waals surface area contributed by atoms with Gasteiger partial charge in [-0.3, -0.25) is 9.47 Å². The molecule has 4 heterocycles. The number of piperidine rings is 1. The number of hydrogen-bond donors (Lipinski definition) is 1. The van der Waals surface area contributed by atoms with E-state index in [0.29, 0.717) is 11.7 Å². The normalized spacial score (nSPS) is 15.6. The zero-order chi connectivity index (χ0) is 25.5. The lowest BCUT2D eigenvalue weighted by atomic mass is 10.0. The zero-order valence-corrected chi connectivity index (χ0v) is 22.7. The number of aliphatic hydroxyl groups is 1. The Labute approximate surface area is 230 Å². The molecule has 2 aliphatic heterocycles. The molecule has 8 nitrogen and oxygen atoms in total. The summed E-state index contributed by atoms with van der Waals surface area (Å²) in [7, 11) is 2.13. The summed E-state index contributed by atoms with van der Waals surface area (Å²) in [6, 6.07) is 17.3. The van der Waals surface area contributed by atoms with E-state index >= 15 is 0 Å². The third kappa shape index (κ3) is 4.60. The maximum absolute atomic E-state index is 9.54. The van der Waals surface area contributed by atoms with E-state index in [1.54, 1.807) is 6.33 Å². The minimum Gasteiger partial charge on any atom is -0.395 e. The Morgan fingerprint density at radius 1 is 1.11 bits per heavy atom. The van der Waals surface area contributed by atoms with Crippen molar-refractivity contribution in [2.24, 2.45) is 0 Å². The second-order valence-electron chi connectivity index (χ2n) is 10.2. The smallest absolute Gasteiger partial charge is 0.187 e. The quantitative estimate of drug-likeness (QED) is 0.336. The maximum Gasteiger partial charge on any atom is 0.187 e. The Morgan fingerprint density at radius 2 is 1.87 bits per heavy atom. The fourth-order valence-electron chi connectivity index (χ4n) is 5.63. The second-order valence-corrected chi connectivity index (χ2v) is 10.2. The molecule has 0 radical (unpaired) electrons. The van der Waals surface area contributed by atoms with Crippen LogP contribution < -0.4 is 4.90 Å². The molecule has 1 atom stereocenters. The molecule has 196 valence electrons. The third-order valence-corrected chi connectivity index (χ3v) is 8.03. The number of aromatic nitrogens is 4. The molecule has 0 saturated carbocycles. The highest BCUT2D eigenvalue weighted by Gasteiger charge is 2.27. The van der Waals surface area contributed by atoms with E-state index in [1.165, 1.54) is 11.3 Å². The van der Waals surface area contributed by atoms with Crippen molar-refractivity contribution in [2.45, 2.75) is 38.4 Å². The van der Waals surface area contributed by atoms with Gasteiger partial charge in [-0.25, -0.2) is 4.85 Å². The van der Waals surface area contributed by atoms with E-state index in [1.807, 2.05) is 24.3 Å². The van der Waals surface area contributed by atoms with Gasteiger partial charge in [-0.15, -0.1) is 10.2 Å². The first-order valence-electron chi connectivity index (χ1n) is 12.8. The molecule has 0 amide bonds. The van der Waals surface area contributed by atoms with Crippen LogP contribution in [0.1, 0.15) is 25.3 Å². The highest BCUT2D eigenvalue weighted by molar-refractivity contribution is 7.59. The molecule has 2 aromatic carbocycles. The van der Waals surface area contributed by atoms with Crippen LogP contribution in [0.4, 0.5) is 11.4 Å². The lowest BCUT2D eigenvalue weighted by Gasteiger charge is -2.40. The predicted molar refractivity (Wildman–Crippen MR) is 156 cm³/mol. The minimum atomic E-state index is 0. The van der Waals surface area contributed by atoms with Gasteiger partial charge >= 0.3 is 0 Å². The van der Waals surface area contributed by atoms with Gasteiger partial charge in [-0.2, -0.15) is 13.5 Å². The van der Waals surface area contributed by atoms with Gasteiger partial charge in [-0.05, 0) is 62.2 Å². The summed E-state index contributed by atoms with van der Waals surface area (Å²) in [6.07, 6.45) is 6.15. The average molecular weight is 528 g/mol.